The number of halogens is 1. The fourth-order valence-corrected chi connectivity index (χ4v) is 4.68. The van der Waals surface area contributed by atoms with E-state index in [0.717, 1.165) is 42.4 Å². The van der Waals surface area contributed by atoms with Crippen LogP contribution in [0.25, 0.3) is 0 Å². The number of amides is 1. The van der Waals surface area contributed by atoms with E-state index < -0.39 is 5.79 Å². The SMILES string of the molecule is COC1(OC)CCC(N(C)C(=O)c2ccc(Br)cc2)C(N2CCCC2)C1. The summed E-state index contributed by atoms with van der Waals surface area (Å²) in [6.45, 7) is 2.18. The van der Waals surface area contributed by atoms with Crippen molar-refractivity contribution in [2.75, 3.05) is 34.4 Å². The van der Waals surface area contributed by atoms with Gasteiger partial charge in [0.1, 0.15) is 0 Å². The van der Waals surface area contributed by atoms with Crippen molar-refractivity contribution < 1.29 is 14.3 Å². The van der Waals surface area contributed by atoms with E-state index in [-0.39, 0.29) is 18.0 Å². The van der Waals surface area contributed by atoms with E-state index in [1.54, 1.807) is 14.2 Å². The molecule has 1 aromatic carbocycles. The minimum atomic E-state index is -0.536. The van der Waals surface area contributed by atoms with E-state index in [2.05, 4.69) is 20.8 Å². The van der Waals surface area contributed by atoms with Gasteiger partial charge in [0, 0.05) is 56.2 Å². The van der Waals surface area contributed by atoms with Crippen molar-refractivity contribution in [1.29, 1.82) is 0 Å². The Morgan fingerprint density at radius 2 is 1.81 bits per heavy atom. The van der Waals surface area contributed by atoms with E-state index in [0.29, 0.717) is 0 Å². The lowest BCUT2D eigenvalue weighted by Crippen LogP contribution is -2.59. The third-order valence-electron chi connectivity index (χ3n) is 6.05. The van der Waals surface area contributed by atoms with Crippen LogP contribution in [0.4, 0.5) is 0 Å². The number of likely N-dealkylation sites (N-methyl/N-ethyl adjacent to an activating group) is 1. The summed E-state index contributed by atoms with van der Waals surface area (Å²) in [6, 6.07) is 8.02. The van der Waals surface area contributed by atoms with Crippen LogP contribution >= 0.6 is 15.9 Å². The quantitative estimate of drug-likeness (QED) is 0.677. The van der Waals surface area contributed by atoms with Gasteiger partial charge in [-0.3, -0.25) is 9.69 Å². The van der Waals surface area contributed by atoms with Gasteiger partial charge in [0.25, 0.3) is 5.91 Å². The number of carbonyl (C=O) groups is 1. The highest BCUT2D eigenvalue weighted by molar-refractivity contribution is 9.10. The number of rotatable bonds is 5. The molecule has 1 amide bonds. The Morgan fingerprint density at radius 3 is 2.38 bits per heavy atom. The Morgan fingerprint density at radius 1 is 1.19 bits per heavy atom. The standard InChI is InChI=1S/C20H29BrN2O3/c1-22(19(24)15-6-8-16(21)9-7-15)17-10-11-20(25-2,26-3)14-18(17)23-12-4-5-13-23/h6-9,17-18H,4-5,10-14H2,1-3H3. The molecule has 5 nitrogen and oxygen atoms in total. The zero-order valence-corrected chi connectivity index (χ0v) is 17.5. The van der Waals surface area contributed by atoms with Crippen molar-refractivity contribution in [2.45, 2.75) is 50.0 Å². The Bertz CT molecular complexity index is 612. The van der Waals surface area contributed by atoms with Crippen LogP contribution in [0.15, 0.2) is 28.7 Å². The fourth-order valence-electron chi connectivity index (χ4n) is 4.42. The van der Waals surface area contributed by atoms with Crippen molar-refractivity contribution in [1.82, 2.24) is 9.80 Å². The second-order valence-electron chi connectivity index (χ2n) is 7.36. The average molecular weight is 425 g/mol. The predicted molar refractivity (Wildman–Crippen MR) is 105 cm³/mol. The van der Waals surface area contributed by atoms with Crippen molar-refractivity contribution in [3.8, 4) is 0 Å². The third-order valence-corrected chi connectivity index (χ3v) is 6.58. The van der Waals surface area contributed by atoms with E-state index >= 15 is 0 Å². The van der Waals surface area contributed by atoms with Crippen LogP contribution in [0, 0.1) is 0 Å². The Kier molecular flexibility index (Phi) is 6.38. The number of benzene rings is 1. The van der Waals surface area contributed by atoms with Crippen LogP contribution in [0.2, 0.25) is 0 Å². The molecular formula is C20H29BrN2O3. The zero-order chi connectivity index (χ0) is 18.7. The van der Waals surface area contributed by atoms with Crippen molar-refractivity contribution >= 4 is 21.8 Å². The first-order valence-corrected chi connectivity index (χ1v) is 10.2. The lowest BCUT2D eigenvalue weighted by Gasteiger charge is -2.48. The minimum absolute atomic E-state index is 0.0778. The van der Waals surface area contributed by atoms with Crippen molar-refractivity contribution in [3.05, 3.63) is 34.3 Å². The van der Waals surface area contributed by atoms with Crippen LogP contribution in [0.3, 0.4) is 0 Å². The molecule has 1 aliphatic carbocycles. The molecule has 1 heterocycles. The number of ether oxygens (including phenoxy) is 2. The number of methoxy groups -OCH3 is 2. The van der Waals surface area contributed by atoms with Gasteiger partial charge in [-0.1, -0.05) is 15.9 Å². The summed E-state index contributed by atoms with van der Waals surface area (Å²) < 4.78 is 12.5. The van der Waals surface area contributed by atoms with E-state index in [1.165, 1.54) is 12.8 Å². The number of hydrogen-bond acceptors (Lipinski definition) is 4. The molecule has 26 heavy (non-hydrogen) atoms. The molecule has 0 aromatic heterocycles. The highest BCUT2D eigenvalue weighted by Crippen LogP contribution is 2.38. The second-order valence-corrected chi connectivity index (χ2v) is 8.28. The summed E-state index contributed by atoms with van der Waals surface area (Å²) in [5.74, 6) is -0.459. The van der Waals surface area contributed by atoms with Crippen LogP contribution in [0.5, 0.6) is 0 Å². The summed E-state index contributed by atoms with van der Waals surface area (Å²) in [6.07, 6.45) is 4.91. The topological polar surface area (TPSA) is 42.0 Å². The van der Waals surface area contributed by atoms with Crippen LogP contribution < -0.4 is 0 Å². The largest absolute Gasteiger partial charge is 0.353 e. The monoisotopic (exact) mass is 424 g/mol. The first-order valence-electron chi connectivity index (χ1n) is 9.37. The first-order chi connectivity index (χ1) is 12.5. The van der Waals surface area contributed by atoms with Gasteiger partial charge in [-0.2, -0.15) is 0 Å². The molecule has 1 aromatic rings. The van der Waals surface area contributed by atoms with Gasteiger partial charge in [-0.05, 0) is 56.6 Å². The third kappa shape index (κ3) is 3.98. The highest BCUT2D eigenvalue weighted by atomic mass is 79.9. The number of carbonyl (C=O) groups excluding carboxylic acids is 1. The maximum atomic E-state index is 13.0. The molecule has 2 aliphatic rings. The molecule has 0 radical (unpaired) electrons. The molecule has 0 spiro atoms. The van der Waals surface area contributed by atoms with Crippen LogP contribution in [-0.4, -0.2) is 67.9 Å². The molecule has 144 valence electrons. The smallest absolute Gasteiger partial charge is 0.253 e. The van der Waals surface area contributed by atoms with Gasteiger partial charge in [0.15, 0.2) is 5.79 Å². The summed E-state index contributed by atoms with van der Waals surface area (Å²) in [4.78, 5) is 17.5. The molecule has 1 aliphatic heterocycles. The first kappa shape index (κ1) is 19.8. The Hall–Kier alpha value is -0.950. The van der Waals surface area contributed by atoms with E-state index in [1.807, 2.05) is 36.2 Å². The summed E-state index contributed by atoms with van der Waals surface area (Å²) in [7, 11) is 5.38. The fraction of sp³-hybridized carbons (Fsp3) is 0.650. The second kappa shape index (κ2) is 8.38. The maximum absolute atomic E-state index is 13.0. The molecule has 3 rings (SSSR count). The molecule has 2 unspecified atom stereocenters. The summed E-state index contributed by atoms with van der Waals surface area (Å²) >= 11 is 3.43. The van der Waals surface area contributed by atoms with Gasteiger partial charge in [0.05, 0.1) is 0 Å². The highest BCUT2D eigenvalue weighted by Gasteiger charge is 2.46. The molecule has 1 saturated heterocycles. The lowest BCUT2D eigenvalue weighted by atomic mass is 9.83. The summed E-state index contributed by atoms with van der Waals surface area (Å²) in [5.41, 5.74) is 0.728. The average Bonchev–Trinajstić information content (AvgIpc) is 3.21. The number of likely N-dealkylation sites (tertiary alicyclic amines) is 1. The molecule has 2 fully saturated rings. The molecule has 2 atom stereocenters. The molecule has 6 heteroatoms. The van der Waals surface area contributed by atoms with Gasteiger partial charge < -0.3 is 14.4 Å². The number of nitrogens with zero attached hydrogens (tertiary/aromatic N) is 2. The van der Waals surface area contributed by atoms with E-state index in [9.17, 15) is 4.79 Å². The van der Waals surface area contributed by atoms with Crippen molar-refractivity contribution in [2.24, 2.45) is 0 Å². The minimum Gasteiger partial charge on any atom is -0.353 e. The summed E-state index contributed by atoms with van der Waals surface area (Å²) in [5, 5.41) is 0. The van der Waals surface area contributed by atoms with Gasteiger partial charge in [-0.15, -0.1) is 0 Å². The lowest BCUT2D eigenvalue weighted by molar-refractivity contribution is -0.237. The Balaban J connectivity index is 1.81. The normalized spacial score (nSPS) is 26.0. The van der Waals surface area contributed by atoms with Gasteiger partial charge >= 0.3 is 0 Å². The maximum Gasteiger partial charge on any atom is 0.253 e. The van der Waals surface area contributed by atoms with Gasteiger partial charge in [0.2, 0.25) is 0 Å². The van der Waals surface area contributed by atoms with Gasteiger partial charge in [-0.25, -0.2) is 0 Å². The number of hydrogen-bond donors (Lipinski definition) is 0. The van der Waals surface area contributed by atoms with E-state index in [4.69, 9.17) is 9.47 Å². The molecule has 1 saturated carbocycles. The van der Waals surface area contributed by atoms with Crippen LogP contribution in [-0.2, 0) is 9.47 Å². The van der Waals surface area contributed by atoms with Crippen molar-refractivity contribution in [3.63, 3.8) is 0 Å². The molecule has 0 bridgehead atoms. The van der Waals surface area contributed by atoms with Crippen LogP contribution in [0.1, 0.15) is 42.5 Å². The molecular weight excluding hydrogens is 396 g/mol. The zero-order valence-electron chi connectivity index (χ0n) is 15.9. The Labute approximate surface area is 164 Å². The predicted octanol–water partition coefficient (Wildman–Crippen LogP) is 3.53. The molecule has 0 N–H and O–H groups in total.